The van der Waals surface area contributed by atoms with Crippen molar-refractivity contribution in [1.82, 2.24) is 0 Å². The van der Waals surface area contributed by atoms with E-state index in [1.54, 1.807) is 0 Å². The number of hydrogen-bond donors (Lipinski definition) is 0. The molecule has 1 unspecified atom stereocenters. The molecular weight excluding hydrogens is 715 g/mol. The van der Waals surface area contributed by atoms with Gasteiger partial charge in [-0.05, 0) is 17.4 Å². The summed E-state index contributed by atoms with van der Waals surface area (Å²) in [7, 11) is 0. The molecule has 2 aliphatic rings. The van der Waals surface area contributed by atoms with E-state index in [0.717, 1.165) is 6.42 Å². The van der Waals surface area contributed by atoms with E-state index in [0.29, 0.717) is 5.92 Å². The Hall–Kier alpha value is -3.09. The summed E-state index contributed by atoms with van der Waals surface area (Å²) < 4.78 is 1.42. The summed E-state index contributed by atoms with van der Waals surface area (Å²) in [5.41, 5.74) is 14.0. The number of halogens is 2. The Morgan fingerprint density at radius 1 is 0.653 bits per heavy atom. The molecule has 0 saturated carbocycles. The van der Waals surface area contributed by atoms with Gasteiger partial charge in [-0.25, -0.2) is 6.08 Å². The topological polar surface area (TPSA) is 0 Å². The SMILES string of the molecule is CC(C)(C)c1c[c-]c2c(c1)-c1cc(C(C)(C)C)ccc1C2.CC1[C-]=CC(c2ccccc2)=C1.[Cl-].[Cl-].[Zr+2]=[C](c1ccccc1)c1ccccc1. The number of fused-ring (bicyclic) bond motifs is 3. The van der Waals surface area contributed by atoms with Crippen molar-refractivity contribution < 1.29 is 49.0 Å². The standard InChI is InChI=1S/C21H25.C13H10.C12H11.2ClH.Zr/c1-20(2,3)16-9-7-14-11-15-8-10-17(21(4,5)6)13-19(15)18(14)12-16;1-3-7-12(8-4-1)11-13-9-5-2-6-10-13;1-10-7-8-12(9-10)11-5-3-2-4-6-11;;;/h7,9-10,12-13H,11H2,1-6H3;1-10H;2-6,8-10H,1H3;2*1H;/q-1;;-1;;;+2/p-2. The molecule has 5 aromatic rings. The van der Waals surface area contributed by atoms with Crippen molar-refractivity contribution in [3.8, 4) is 11.1 Å². The minimum absolute atomic E-state index is 0. The maximum absolute atomic E-state index is 3.53. The zero-order valence-corrected chi connectivity index (χ0v) is 33.7. The quantitative estimate of drug-likeness (QED) is 0.208. The number of hydrogen-bond acceptors (Lipinski definition) is 0. The first-order valence-electron chi connectivity index (χ1n) is 16.6. The van der Waals surface area contributed by atoms with Crippen LogP contribution >= 0.6 is 0 Å². The van der Waals surface area contributed by atoms with Crippen LogP contribution in [0.1, 0.15) is 87.4 Å². The van der Waals surface area contributed by atoms with Gasteiger partial charge >= 0.3 is 99.2 Å². The second-order valence-electron chi connectivity index (χ2n) is 14.5. The summed E-state index contributed by atoms with van der Waals surface area (Å²) in [6, 6.07) is 46.6. The van der Waals surface area contributed by atoms with Gasteiger partial charge in [-0.2, -0.15) is 41.0 Å². The van der Waals surface area contributed by atoms with E-state index in [1.165, 1.54) is 83.1 Å². The third kappa shape index (κ3) is 10.7. The zero-order valence-electron chi connectivity index (χ0n) is 29.7. The molecule has 0 amide bonds. The monoisotopic (exact) mass is 758 g/mol. The van der Waals surface area contributed by atoms with Crippen molar-refractivity contribution in [3.63, 3.8) is 0 Å². The molecule has 0 N–H and O–H groups in total. The van der Waals surface area contributed by atoms with E-state index in [9.17, 15) is 0 Å². The van der Waals surface area contributed by atoms with Gasteiger partial charge in [0.05, 0.1) is 0 Å². The van der Waals surface area contributed by atoms with E-state index in [2.05, 4.69) is 188 Å². The third-order valence-electron chi connectivity index (χ3n) is 8.69. The van der Waals surface area contributed by atoms with Gasteiger partial charge in [0.15, 0.2) is 0 Å². The first kappa shape index (κ1) is 40.3. The minimum atomic E-state index is 0. The Morgan fingerprint density at radius 3 is 1.65 bits per heavy atom. The Morgan fingerprint density at radius 2 is 1.16 bits per heavy atom. The first-order valence-corrected chi connectivity index (χ1v) is 17.9. The predicted octanol–water partition coefficient (Wildman–Crippen LogP) is 5.54. The molecule has 0 saturated heterocycles. The summed E-state index contributed by atoms with van der Waals surface area (Å²) in [5, 5.41) is 0. The summed E-state index contributed by atoms with van der Waals surface area (Å²) in [6.45, 7) is 15.8. The number of benzene rings is 5. The fourth-order valence-corrected chi connectivity index (χ4v) is 6.58. The van der Waals surface area contributed by atoms with Crippen LogP contribution in [-0.2, 0) is 41.5 Å². The van der Waals surface area contributed by atoms with Gasteiger partial charge in [-0.1, -0.05) is 119 Å². The van der Waals surface area contributed by atoms with Gasteiger partial charge in [0, 0.05) is 0 Å². The summed E-state index contributed by atoms with van der Waals surface area (Å²) in [4.78, 5) is 0. The van der Waals surface area contributed by atoms with E-state index in [1.807, 2.05) is 6.07 Å². The molecule has 0 bridgehead atoms. The summed E-state index contributed by atoms with van der Waals surface area (Å²) in [6.07, 6.45) is 8.58. The van der Waals surface area contributed by atoms with E-state index >= 15 is 0 Å². The Labute approximate surface area is 322 Å². The number of allylic oxidation sites excluding steroid dienone is 4. The van der Waals surface area contributed by atoms with Gasteiger partial charge in [0.25, 0.3) is 0 Å². The Kier molecular flexibility index (Phi) is 14.6. The van der Waals surface area contributed by atoms with Crippen molar-refractivity contribution in [2.45, 2.75) is 65.7 Å². The van der Waals surface area contributed by atoms with Crippen molar-refractivity contribution in [2.75, 3.05) is 0 Å². The molecule has 0 spiro atoms. The summed E-state index contributed by atoms with van der Waals surface area (Å²) in [5.74, 6) is 0.472. The van der Waals surface area contributed by atoms with Crippen LogP contribution in [0.4, 0.5) is 0 Å². The van der Waals surface area contributed by atoms with Gasteiger partial charge in [0.1, 0.15) is 0 Å². The van der Waals surface area contributed by atoms with Crippen molar-refractivity contribution in [2.24, 2.45) is 5.92 Å². The number of rotatable bonds is 3. The van der Waals surface area contributed by atoms with Crippen LogP contribution in [0.5, 0.6) is 0 Å². The van der Waals surface area contributed by atoms with Crippen LogP contribution in [0, 0.1) is 18.1 Å². The molecule has 0 radical (unpaired) electrons. The molecule has 0 heterocycles. The Bertz CT molecular complexity index is 1770. The molecule has 0 nitrogen and oxygen atoms in total. The molecule has 7 rings (SSSR count). The van der Waals surface area contributed by atoms with Crippen LogP contribution in [0.25, 0.3) is 16.7 Å². The maximum atomic E-state index is 3.53. The van der Waals surface area contributed by atoms with Crippen LogP contribution in [-0.4, -0.2) is 3.21 Å². The second-order valence-corrected chi connectivity index (χ2v) is 15.8. The van der Waals surface area contributed by atoms with E-state index in [-0.39, 0.29) is 35.6 Å². The average molecular weight is 761 g/mol. The molecule has 0 aromatic heterocycles. The van der Waals surface area contributed by atoms with Crippen LogP contribution in [0.15, 0.2) is 133 Å². The zero-order chi connectivity index (χ0) is 33.6. The molecule has 3 heteroatoms. The van der Waals surface area contributed by atoms with Crippen molar-refractivity contribution >= 4 is 8.78 Å². The molecule has 0 fully saturated rings. The average Bonchev–Trinajstić information content (AvgIpc) is 3.68. The third-order valence-corrected chi connectivity index (χ3v) is 10.1. The van der Waals surface area contributed by atoms with Gasteiger partial charge in [-0.3, -0.25) is 6.08 Å². The van der Waals surface area contributed by atoms with Gasteiger partial charge < -0.3 is 24.8 Å². The molecule has 1 atom stereocenters. The van der Waals surface area contributed by atoms with E-state index in [4.69, 9.17) is 0 Å². The van der Waals surface area contributed by atoms with Crippen molar-refractivity contribution in [3.05, 3.63) is 185 Å². The normalized spacial score (nSPS) is 14.0. The molecule has 250 valence electrons. The van der Waals surface area contributed by atoms with Crippen molar-refractivity contribution in [1.29, 1.82) is 0 Å². The fourth-order valence-electron chi connectivity index (χ4n) is 5.76. The summed E-state index contributed by atoms with van der Waals surface area (Å²) >= 11 is 1.46. The molecular formula is C46H46Cl2Zr-2. The van der Waals surface area contributed by atoms with Crippen LogP contribution in [0.2, 0.25) is 0 Å². The van der Waals surface area contributed by atoms with Crippen LogP contribution < -0.4 is 24.8 Å². The fraction of sp³-hybridized carbons (Fsp3) is 0.239. The predicted molar refractivity (Wildman–Crippen MR) is 198 cm³/mol. The first-order chi connectivity index (χ1) is 22.4. The Balaban J connectivity index is 0.000000204. The van der Waals surface area contributed by atoms with E-state index < -0.39 is 0 Å². The van der Waals surface area contributed by atoms with Gasteiger partial charge in [0.2, 0.25) is 0 Å². The molecule has 5 aromatic carbocycles. The molecule has 49 heavy (non-hydrogen) atoms. The molecule has 0 aliphatic heterocycles. The molecule has 2 aliphatic carbocycles. The van der Waals surface area contributed by atoms with Gasteiger partial charge in [-0.15, -0.1) is 11.1 Å². The van der Waals surface area contributed by atoms with Crippen LogP contribution in [0.3, 0.4) is 0 Å². The second kappa shape index (κ2) is 17.7.